The molecule has 3 unspecified atom stereocenters. The number of piperidine rings is 2. The fraction of sp³-hybridized carbons (Fsp3) is 0.783. The van der Waals surface area contributed by atoms with Crippen LogP contribution in [0, 0.1) is 59.2 Å². The Bertz CT molecular complexity index is 1280. The monoisotopic (exact) mass is 768 g/mol. The van der Waals surface area contributed by atoms with Gasteiger partial charge in [0.25, 0.3) is 0 Å². The molecule has 2 aromatic carbocycles. The van der Waals surface area contributed by atoms with Gasteiger partial charge in [0.05, 0.1) is 0 Å². The number of hydrogen-bond donors (Lipinski definition) is 2. The van der Waals surface area contributed by atoms with Crippen LogP contribution in [0.15, 0.2) is 42.5 Å². The molecule has 12 rings (SSSR count). The predicted molar refractivity (Wildman–Crippen MR) is 218 cm³/mol. The molecule has 288 valence electrons. The van der Waals surface area contributed by atoms with Gasteiger partial charge in [-0.3, -0.25) is 0 Å². The molecule has 2 nitrogen and oxygen atoms in total. The van der Waals surface area contributed by atoms with Crippen molar-refractivity contribution in [2.24, 2.45) is 59.2 Å². The van der Waals surface area contributed by atoms with E-state index in [2.05, 4.69) is 52.8 Å². The molecule has 3 atom stereocenters. The van der Waals surface area contributed by atoms with E-state index < -0.39 is 0 Å². The molecule has 2 heterocycles. The zero-order chi connectivity index (χ0) is 34.0. The molecule has 2 saturated heterocycles. The molecular weight excluding hydrogens is 698 g/mol. The molecule has 2 aliphatic heterocycles. The summed E-state index contributed by atoms with van der Waals surface area (Å²) in [5.74, 6) is 10.2. The molecule has 10 fully saturated rings. The number of nitrogens with one attached hydrogen (secondary N) is 2. The minimum atomic E-state index is 0. The molecule has 51 heavy (non-hydrogen) atoms. The zero-order valence-corrected chi connectivity index (χ0v) is 35.4. The van der Waals surface area contributed by atoms with E-state index in [4.69, 9.17) is 0 Å². The Morgan fingerprint density at radius 3 is 1.43 bits per heavy atom. The van der Waals surface area contributed by atoms with Crippen molar-refractivity contribution in [1.29, 1.82) is 0 Å². The van der Waals surface area contributed by atoms with E-state index in [9.17, 15) is 0 Å². The molecule has 2 N–H and O–H groups in total. The quantitative estimate of drug-likeness (QED) is 0.167. The van der Waals surface area contributed by atoms with Crippen molar-refractivity contribution in [3.05, 3.63) is 59.2 Å². The van der Waals surface area contributed by atoms with Gasteiger partial charge in [0.2, 0.25) is 0 Å². The van der Waals surface area contributed by atoms with Gasteiger partial charge in [-0.2, -0.15) is 28.8 Å². The fourth-order valence-corrected chi connectivity index (χ4v) is 20.1. The van der Waals surface area contributed by atoms with Crippen molar-refractivity contribution in [3.63, 3.8) is 0 Å². The van der Waals surface area contributed by atoms with Crippen molar-refractivity contribution < 1.29 is 17.1 Å². The van der Waals surface area contributed by atoms with Gasteiger partial charge in [-0.05, 0) is 192 Å². The molecular formula is C46H70FeN2P2-6. The zero-order valence-electron chi connectivity index (χ0n) is 32.3. The summed E-state index contributed by atoms with van der Waals surface area (Å²) < 4.78 is 0. The molecule has 8 aliphatic carbocycles. The van der Waals surface area contributed by atoms with Gasteiger partial charge in [-0.15, -0.1) is 17.2 Å². The van der Waals surface area contributed by atoms with E-state index in [1.165, 1.54) is 58.0 Å². The molecule has 0 amide bonds. The standard InChI is InChI=1S/C41H65N2P2.C5H5.Fe/c1-40(2,3)36-20-33(37(21-36)41(44,34-6-4-8-42-22-34)35-7-5-9-43-23-35)24-45(38-29-12-25-10-26(14-29)15-30(38)13-25)39-31-16-27-11-28(18-31)19-32(39)17-27;1-2-4-5-3-1;/h20-21,25-32,34-35,38-39,42-43H,4-19,22-24,44H2,1-3H3;1-5H;/q-1;-5;. The van der Waals surface area contributed by atoms with Crippen LogP contribution in [0.25, 0.3) is 0 Å². The fourth-order valence-electron chi connectivity index (χ4n) is 14.6. The first-order chi connectivity index (χ1) is 24.2. The van der Waals surface area contributed by atoms with E-state index in [-0.39, 0.29) is 35.6 Å². The van der Waals surface area contributed by atoms with Gasteiger partial charge < -0.3 is 41.0 Å². The van der Waals surface area contributed by atoms with E-state index in [1.54, 1.807) is 75.3 Å². The summed E-state index contributed by atoms with van der Waals surface area (Å²) in [6, 6.07) is 15.6. The molecule has 0 radical (unpaired) electrons. The van der Waals surface area contributed by atoms with E-state index >= 15 is 0 Å². The summed E-state index contributed by atoms with van der Waals surface area (Å²) in [5, 5.41) is 7.97. The summed E-state index contributed by atoms with van der Waals surface area (Å²) in [4.78, 5) is 0. The van der Waals surface area contributed by atoms with Gasteiger partial charge in [-0.1, -0.05) is 32.3 Å². The van der Waals surface area contributed by atoms with Gasteiger partial charge in [0.15, 0.2) is 0 Å². The molecule has 5 heteroatoms. The molecule has 8 bridgehead atoms. The Labute approximate surface area is 326 Å². The maximum atomic E-state index is 3.89. The first-order valence-electron chi connectivity index (χ1n) is 21.7. The average Bonchev–Trinajstić information content (AvgIpc) is 3.83. The maximum absolute atomic E-state index is 3.89. The summed E-state index contributed by atoms with van der Waals surface area (Å²) in [5.41, 5.74) is 7.67. The van der Waals surface area contributed by atoms with Crippen LogP contribution >= 0.6 is 17.2 Å². The van der Waals surface area contributed by atoms with Crippen LogP contribution in [0.5, 0.6) is 0 Å². The first kappa shape index (κ1) is 37.9. The van der Waals surface area contributed by atoms with Crippen LogP contribution in [0.3, 0.4) is 0 Å². The SMILES string of the molecule is CC(C)(C)[c-]1cc(CP(C2C3CC4CC(C3)CC2C4)C2C3CC4CC(C3)CC2C4)c(C(P)(C2CCCNC2)C2CCCNC2)c1.[Fe].[cH-]1[cH-][cH-][cH-][cH-]1. The van der Waals surface area contributed by atoms with Gasteiger partial charge in [-0.25, -0.2) is 0 Å². The normalized spacial score (nSPS) is 41.3. The summed E-state index contributed by atoms with van der Waals surface area (Å²) in [6.45, 7) is 12.3. The van der Waals surface area contributed by atoms with Crippen molar-refractivity contribution >= 4 is 17.2 Å². The van der Waals surface area contributed by atoms with Crippen LogP contribution in [-0.4, -0.2) is 37.5 Å². The summed E-state index contributed by atoms with van der Waals surface area (Å²) in [6.07, 6.45) is 23.0. The minimum absolute atomic E-state index is 0. The Morgan fingerprint density at radius 1 is 0.667 bits per heavy atom. The Hall–Kier alpha value is -0.000519. The summed E-state index contributed by atoms with van der Waals surface area (Å²) >= 11 is 0. The molecule has 0 spiro atoms. The van der Waals surface area contributed by atoms with Crippen molar-refractivity contribution in [2.45, 2.75) is 139 Å². The molecule has 8 saturated carbocycles. The first-order valence-corrected chi connectivity index (χ1v) is 23.9. The second-order valence-corrected chi connectivity index (χ2v) is 23.9. The van der Waals surface area contributed by atoms with Crippen molar-refractivity contribution in [2.75, 3.05) is 26.2 Å². The smallest absolute Gasteiger partial charge is 0 e. The molecule has 2 aromatic rings. The van der Waals surface area contributed by atoms with Crippen LogP contribution in [0.4, 0.5) is 0 Å². The van der Waals surface area contributed by atoms with E-state index in [0.717, 1.165) is 70.5 Å². The minimum Gasteiger partial charge on any atom is -0.748 e. The van der Waals surface area contributed by atoms with E-state index in [0.29, 0.717) is 0 Å². The summed E-state index contributed by atoms with van der Waals surface area (Å²) in [7, 11) is 3.67. The van der Waals surface area contributed by atoms with Crippen LogP contribution in [0.1, 0.15) is 127 Å². The van der Waals surface area contributed by atoms with Crippen LogP contribution in [0.2, 0.25) is 0 Å². The Kier molecular flexibility index (Phi) is 11.5. The average molecular weight is 769 g/mol. The van der Waals surface area contributed by atoms with E-state index in [1.807, 2.05) is 35.9 Å². The predicted octanol–water partition coefficient (Wildman–Crippen LogP) is 10.8. The van der Waals surface area contributed by atoms with Crippen LogP contribution in [-0.2, 0) is 33.8 Å². The third-order valence-corrected chi connectivity index (χ3v) is 21.5. The maximum Gasteiger partial charge on any atom is 0 e. The largest absolute Gasteiger partial charge is 0.748 e. The Morgan fingerprint density at radius 2 is 1.08 bits per heavy atom. The number of hydrogen-bond acceptors (Lipinski definition) is 2. The molecule has 0 aromatic heterocycles. The number of rotatable bonds is 7. The Balaban J connectivity index is 0.000000576. The van der Waals surface area contributed by atoms with Gasteiger partial charge in [0.1, 0.15) is 0 Å². The van der Waals surface area contributed by atoms with Crippen LogP contribution < -0.4 is 10.6 Å². The second-order valence-electron chi connectivity index (χ2n) is 20.4. The van der Waals surface area contributed by atoms with Gasteiger partial charge >= 0.3 is 0 Å². The molecule has 10 aliphatic rings. The van der Waals surface area contributed by atoms with Gasteiger partial charge in [0, 0.05) is 17.1 Å². The second kappa shape index (κ2) is 15.5. The topological polar surface area (TPSA) is 24.1 Å². The third-order valence-electron chi connectivity index (χ3n) is 16.3. The van der Waals surface area contributed by atoms with Crippen molar-refractivity contribution in [1.82, 2.24) is 10.6 Å². The van der Waals surface area contributed by atoms with Crippen molar-refractivity contribution in [3.8, 4) is 0 Å². The third kappa shape index (κ3) is 7.37.